The molecule has 6 atom stereocenters. The molecular weight excluding hydrogens is 314 g/mol. The summed E-state index contributed by atoms with van der Waals surface area (Å²) in [7, 11) is 1.63. The van der Waals surface area contributed by atoms with Gasteiger partial charge >= 0.3 is 0 Å². The molecule has 0 amide bonds. The molecule has 0 spiro atoms. The van der Waals surface area contributed by atoms with Gasteiger partial charge in [-0.25, -0.2) is 0 Å². The molecule has 5 heteroatoms. The first-order valence-corrected chi connectivity index (χ1v) is 8.83. The van der Waals surface area contributed by atoms with Gasteiger partial charge in [0.2, 0.25) is 6.41 Å². The zero-order valence-electron chi connectivity index (χ0n) is 13.7. The smallest absolute Gasteiger partial charge is 0.214 e. The van der Waals surface area contributed by atoms with Crippen molar-refractivity contribution in [2.24, 2.45) is 11.8 Å². The third kappa shape index (κ3) is 3.89. The molecule has 2 saturated carbocycles. The summed E-state index contributed by atoms with van der Waals surface area (Å²) in [5.74, 6) is 1.52. The van der Waals surface area contributed by atoms with Crippen molar-refractivity contribution in [3.63, 3.8) is 0 Å². The Hall–Kier alpha value is -0.650. The van der Waals surface area contributed by atoms with Crippen LogP contribution in [0.5, 0.6) is 0 Å². The van der Waals surface area contributed by atoms with Gasteiger partial charge in [-0.1, -0.05) is 36.2 Å². The summed E-state index contributed by atoms with van der Waals surface area (Å²) in [5.41, 5.74) is 0.872. The van der Waals surface area contributed by atoms with Crippen molar-refractivity contribution in [1.29, 1.82) is 0 Å². The van der Waals surface area contributed by atoms with Crippen LogP contribution in [-0.4, -0.2) is 30.8 Å². The van der Waals surface area contributed by atoms with Gasteiger partial charge in [-0.3, -0.25) is 5.32 Å². The van der Waals surface area contributed by atoms with Crippen molar-refractivity contribution in [1.82, 2.24) is 5.32 Å². The number of halogens is 1. The summed E-state index contributed by atoms with van der Waals surface area (Å²) in [6.07, 6.45) is 3.44. The van der Waals surface area contributed by atoms with Gasteiger partial charge in [0.1, 0.15) is 6.10 Å². The number of fused-ring (bicyclic) bond motifs is 2. The minimum Gasteiger partial charge on any atom is -0.374 e. The molecule has 2 aliphatic rings. The number of hydrogen-bond donors (Lipinski definition) is 2. The van der Waals surface area contributed by atoms with Crippen molar-refractivity contribution in [2.45, 2.75) is 57.3 Å². The highest BCUT2D eigenvalue weighted by Crippen LogP contribution is 2.44. The van der Waals surface area contributed by atoms with E-state index in [1.54, 1.807) is 7.11 Å². The SMILES string of the molecule is CO[C@H](c1ccccc1Cl)[C@@H](C)OC(O)NC1CC2CCC1C2. The van der Waals surface area contributed by atoms with Gasteiger partial charge in [0.15, 0.2) is 0 Å². The molecule has 4 unspecified atom stereocenters. The first-order chi connectivity index (χ1) is 11.1. The maximum absolute atomic E-state index is 10.2. The zero-order chi connectivity index (χ0) is 16.4. The van der Waals surface area contributed by atoms with E-state index in [4.69, 9.17) is 21.1 Å². The Balaban J connectivity index is 1.56. The lowest BCUT2D eigenvalue weighted by Gasteiger charge is -2.30. The van der Waals surface area contributed by atoms with E-state index in [2.05, 4.69) is 5.32 Å². The molecule has 2 aliphatic carbocycles. The van der Waals surface area contributed by atoms with E-state index in [1.807, 2.05) is 31.2 Å². The van der Waals surface area contributed by atoms with E-state index in [0.29, 0.717) is 17.0 Å². The molecule has 4 nitrogen and oxygen atoms in total. The highest BCUT2D eigenvalue weighted by Gasteiger charge is 2.40. The largest absolute Gasteiger partial charge is 0.374 e. The fourth-order valence-electron chi connectivity index (χ4n) is 4.22. The quantitative estimate of drug-likeness (QED) is 0.747. The van der Waals surface area contributed by atoms with Crippen molar-refractivity contribution < 1.29 is 14.6 Å². The third-order valence-electron chi connectivity index (χ3n) is 5.33. The Bertz CT molecular complexity index is 527. The van der Waals surface area contributed by atoms with Crippen LogP contribution < -0.4 is 5.32 Å². The van der Waals surface area contributed by atoms with Crippen LogP contribution in [0.2, 0.25) is 5.02 Å². The van der Waals surface area contributed by atoms with Crippen molar-refractivity contribution >= 4 is 11.6 Å². The maximum atomic E-state index is 10.2. The fraction of sp³-hybridized carbons (Fsp3) is 0.667. The molecule has 1 aromatic carbocycles. The number of hydrogen-bond acceptors (Lipinski definition) is 4. The molecule has 2 N–H and O–H groups in total. The Morgan fingerprint density at radius 1 is 1.26 bits per heavy atom. The molecular formula is C18H26ClNO3. The van der Waals surface area contributed by atoms with Gasteiger partial charge in [-0.2, -0.15) is 0 Å². The molecule has 0 aromatic heterocycles. The van der Waals surface area contributed by atoms with Crippen molar-refractivity contribution in [3.05, 3.63) is 34.9 Å². The minimum absolute atomic E-state index is 0.319. The fourth-order valence-corrected chi connectivity index (χ4v) is 4.47. The predicted octanol–water partition coefficient (Wildman–Crippen LogP) is 3.49. The molecule has 0 saturated heterocycles. The molecule has 0 radical (unpaired) electrons. The standard InChI is InChI=1S/C18H26ClNO3/c1-11(17(22-2)14-5-3-4-6-15(14)19)23-18(21)20-16-10-12-7-8-13(16)9-12/h3-6,11-13,16-18,20-21H,7-10H2,1-2H3/t11-,12?,13?,16?,17+,18?/m1/s1. The van der Waals surface area contributed by atoms with E-state index in [1.165, 1.54) is 19.3 Å². The van der Waals surface area contributed by atoms with Crippen LogP contribution in [0.4, 0.5) is 0 Å². The normalized spacial score (nSPS) is 30.3. The number of aliphatic hydroxyl groups excluding tert-OH is 1. The second-order valence-corrected chi connectivity index (χ2v) is 7.23. The van der Waals surface area contributed by atoms with Crippen LogP contribution in [-0.2, 0) is 9.47 Å². The first-order valence-electron chi connectivity index (χ1n) is 8.45. The number of methoxy groups -OCH3 is 1. The molecule has 0 heterocycles. The van der Waals surface area contributed by atoms with E-state index >= 15 is 0 Å². The lowest BCUT2D eigenvalue weighted by atomic mass is 9.95. The Morgan fingerprint density at radius 2 is 2.04 bits per heavy atom. The number of nitrogens with one attached hydrogen (secondary N) is 1. The van der Waals surface area contributed by atoms with Crippen molar-refractivity contribution in [3.8, 4) is 0 Å². The number of ether oxygens (including phenoxy) is 2. The van der Waals surface area contributed by atoms with Gasteiger partial charge in [0.05, 0.1) is 6.10 Å². The zero-order valence-corrected chi connectivity index (χ0v) is 14.5. The summed E-state index contributed by atoms with van der Waals surface area (Å²) < 4.78 is 11.3. The molecule has 3 rings (SSSR count). The van der Waals surface area contributed by atoms with Crippen LogP contribution in [0, 0.1) is 11.8 Å². The van der Waals surface area contributed by atoms with Crippen LogP contribution in [0.25, 0.3) is 0 Å². The van der Waals surface area contributed by atoms with Crippen LogP contribution >= 0.6 is 11.6 Å². The van der Waals surface area contributed by atoms with E-state index < -0.39 is 6.41 Å². The summed E-state index contributed by atoms with van der Waals surface area (Å²) >= 11 is 6.24. The molecule has 2 bridgehead atoms. The van der Waals surface area contributed by atoms with Crippen LogP contribution in [0.1, 0.15) is 44.3 Å². The van der Waals surface area contributed by atoms with Gasteiger partial charge in [-0.05, 0) is 44.1 Å². The maximum Gasteiger partial charge on any atom is 0.214 e. The highest BCUT2D eigenvalue weighted by molar-refractivity contribution is 6.31. The van der Waals surface area contributed by atoms with E-state index in [-0.39, 0.29) is 12.2 Å². The summed E-state index contributed by atoms with van der Waals surface area (Å²) in [6, 6.07) is 7.93. The molecule has 128 valence electrons. The van der Waals surface area contributed by atoms with Crippen LogP contribution in [0.15, 0.2) is 24.3 Å². The predicted molar refractivity (Wildman–Crippen MR) is 90.1 cm³/mol. The third-order valence-corrected chi connectivity index (χ3v) is 5.67. The summed E-state index contributed by atoms with van der Waals surface area (Å²) in [6.45, 7) is 1.89. The summed E-state index contributed by atoms with van der Waals surface area (Å²) in [5, 5.41) is 14.1. The number of aliphatic hydroxyl groups is 1. The monoisotopic (exact) mass is 339 g/mol. The Kier molecular flexibility index (Phi) is 5.60. The van der Waals surface area contributed by atoms with Gasteiger partial charge in [0.25, 0.3) is 0 Å². The lowest BCUT2D eigenvalue weighted by molar-refractivity contribution is -0.184. The van der Waals surface area contributed by atoms with Gasteiger partial charge in [-0.15, -0.1) is 0 Å². The van der Waals surface area contributed by atoms with E-state index in [0.717, 1.165) is 17.9 Å². The average molecular weight is 340 g/mol. The Morgan fingerprint density at radius 3 is 2.65 bits per heavy atom. The Labute approximate surface area is 143 Å². The summed E-state index contributed by atoms with van der Waals surface area (Å²) in [4.78, 5) is 0. The van der Waals surface area contributed by atoms with Gasteiger partial charge in [0, 0.05) is 23.7 Å². The average Bonchev–Trinajstić information content (AvgIpc) is 3.12. The molecule has 1 aromatic rings. The van der Waals surface area contributed by atoms with Crippen molar-refractivity contribution in [2.75, 3.05) is 7.11 Å². The topological polar surface area (TPSA) is 50.7 Å². The van der Waals surface area contributed by atoms with Crippen LogP contribution in [0.3, 0.4) is 0 Å². The van der Waals surface area contributed by atoms with E-state index in [9.17, 15) is 5.11 Å². The first kappa shape index (κ1) is 17.2. The molecule has 2 fully saturated rings. The minimum atomic E-state index is -0.977. The second-order valence-electron chi connectivity index (χ2n) is 6.82. The highest BCUT2D eigenvalue weighted by atomic mass is 35.5. The van der Waals surface area contributed by atoms with Gasteiger partial charge < -0.3 is 14.6 Å². The molecule has 0 aliphatic heterocycles. The lowest BCUT2D eigenvalue weighted by Crippen LogP contribution is -2.44. The number of benzene rings is 1. The number of rotatable bonds is 7. The molecule has 23 heavy (non-hydrogen) atoms. The second kappa shape index (κ2) is 7.49.